The van der Waals surface area contributed by atoms with Crippen molar-refractivity contribution < 1.29 is 14.4 Å². The first-order valence-electron chi connectivity index (χ1n) is 6.35. The second kappa shape index (κ2) is 7.63. The largest absolute Gasteiger partial charge is 0.465 e. The maximum absolute atomic E-state index is 11.6. The molecule has 0 spiro atoms. The SMILES string of the molecule is CCCC(NOC1CCCC1)C(=O)OCC. The van der Waals surface area contributed by atoms with Crippen molar-refractivity contribution in [2.45, 2.75) is 64.5 Å². The van der Waals surface area contributed by atoms with Gasteiger partial charge in [-0.05, 0) is 26.2 Å². The van der Waals surface area contributed by atoms with Gasteiger partial charge in [0.15, 0.2) is 0 Å². The van der Waals surface area contributed by atoms with Crippen molar-refractivity contribution >= 4 is 5.97 Å². The molecule has 1 aliphatic carbocycles. The average Bonchev–Trinajstić information content (AvgIpc) is 2.77. The van der Waals surface area contributed by atoms with Crippen LogP contribution in [-0.4, -0.2) is 24.7 Å². The summed E-state index contributed by atoms with van der Waals surface area (Å²) in [6.45, 7) is 4.28. The zero-order valence-electron chi connectivity index (χ0n) is 10.3. The molecule has 1 aliphatic rings. The van der Waals surface area contributed by atoms with Crippen molar-refractivity contribution in [2.24, 2.45) is 0 Å². The van der Waals surface area contributed by atoms with Gasteiger partial charge in [0.25, 0.3) is 0 Å². The fourth-order valence-corrected chi connectivity index (χ4v) is 1.94. The standard InChI is InChI=1S/C12H23NO3/c1-3-7-11(12(14)15-4-2)13-16-10-8-5-6-9-10/h10-11,13H,3-9H2,1-2H3. The lowest BCUT2D eigenvalue weighted by Gasteiger charge is -2.19. The summed E-state index contributed by atoms with van der Waals surface area (Å²) in [7, 11) is 0. The highest BCUT2D eigenvalue weighted by molar-refractivity contribution is 5.75. The highest BCUT2D eigenvalue weighted by atomic mass is 16.7. The number of hydrogen-bond donors (Lipinski definition) is 1. The Morgan fingerprint density at radius 3 is 2.62 bits per heavy atom. The van der Waals surface area contributed by atoms with Gasteiger partial charge >= 0.3 is 5.97 Å². The third-order valence-electron chi connectivity index (χ3n) is 2.83. The number of carbonyl (C=O) groups excluding carboxylic acids is 1. The topological polar surface area (TPSA) is 47.6 Å². The highest BCUT2D eigenvalue weighted by Crippen LogP contribution is 2.20. The maximum atomic E-state index is 11.6. The quantitative estimate of drug-likeness (QED) is 0.537. The number of hydrogen-bond acceptors (Lipinski definition) is 4. The summed E-state index contributed by atoms with van der Waals surface area (Å²) in [6, 6.07) is -0.314. The van der Waals surface area contributed by atoms with Crippen LogP contribution in [-0.2, 0) is 14.4 Å². The Balaban J connectivity index is 2.28. The van der Waals surface area contributed by atoms with Gasteiger partial charge in [0.05, 0.1) is 12.7 Å². The third-order valence-corrected chi connectivity index (χ3v) is 2.83. The van der Waals surface area contributed by atoms with Crippen molar-refractivity contribution in [3.05, 3.63) is 0 Å². The molecule has 1 N–H and O–H groups in total. The molecule has 1 atom stereocenters. The third kappa shape index (κ3) is 4.49. The molecule has 0 aromatic heterocycles. The molecular formula is C12H23NO3. The molecule has 1 unspecified atom stereocenters. The first-order chi connectivity index (χ1) is 7.77. The van der Waals surface area contributed by atoms with Crippen molar-refractivity contribution in [1.82, 2.24) is 5.48 Å². The Labute approximate surface area is 97.6 Å². The molecule has 0 radical (unpaired) electrons. The molecule has 1 saturated carbocycles. The molecule has 0 aromatic rings. The van der Waals surface area contributed by atoms with Gasteiger partial charge in [-0.25, -0.2) is 0 Å². The Morgan fingerprint density at radius 1 is 1.38 bits per heavy atom. The molecule has 94 valence electrons. The van der Waals surface area contributed by atoms with E-state index < -0.39 is 0 Å². The number of ether oxygens (including phenoxy) is 1. The normalized spacial score (nSPS) is 18.6. The fourth-order valence-electron chi connectivity index (χ4n) is 1.94. The summed E-state index contributed by atoms with van der Waals surface area (Å²) in [6.07, 6.45) is 6.60. The molecule has 0 bridgehead atoms. The predicted octanol–water partition coefficient (Wildman–Crippen LogP) is 2.18. The highest BCUT2D eigenvalue weighted by Gasteiger charge is 2.22. The van der Waals surface area contributed by atoms with Crippen molar-refractivity contribution in [2.75, 3.05) is 6.61 Å². The van der Waals surface area contributed by atoms with Gasteiger partial charge in [-0.15, -0.1) is 0 Å². The molecule has 0 heterocycles. The van der Waals surface area contributed by atoms with Crippen LogP contribution in [0.5, 0.6) is 0 Å². The summed E-state index contributed by atoms with van der Waals surface area (Å²) < 4.78 is 4.99. The summed E-state index contributed by atoms with van der Waals surface area (Å²) in [4.78, 5) is 17.1. The first kappa shape index (κ1) is 13.5. The van der Waals surface area contributed by atoms with Crippen molar-refractivity contribution in [3.63, 3.8) is 0 Å². The number of esters is 1. The van der Waals surface area contributed by atoms with Crippen LogP contribution in [0.2, 0.25) is 0 Å². The van der Waals surface area contributed by atoms with Crippen LogP contribution in [0.25, 0.3) is 0 Å². The molecule has 0 saturated heterocycles. The number of hydroxylamine groups is 1. The van der Waals surface area contributed by atoms with Gasteiger partial charge in [0.1, 0.15) is 6.04 Å². The van der Waals surface area contributed by atoms with Crippen LogP contribution in [0, 0.1) is 0 Å². The minimum atomic E-state index is -0.314. The van der Waals surface area contributed by atoms with Gasteiger partial charge in [0, 0.05) is 0 Å². The predicted molar refractivity (Wildman–Crippen MR) is 61.8 cm³/mol. The Bertz CT molecular complexity index is 202. The van der Waals surface area contributed by atoms with Gasteiger partial charge in [-0.1, -0.05) is 26.2 Å². The molecule has 1 fully saturated rings. The number of nitrogens with one attached hydrogen (secondary N) is 1. The van der Waals surface area contributed by atoms with E-state index in [1.54, 1.807) is 0 Å². The van der Waals surface area contributed by atoms with E-state index in [1.807, 2.05) is 13.8 Å². The zero-order valence-corrected chi connectivity index (χ0v) is 10.3. The van der Waals surface area contributed by atoms with Crippen LogP contribution < -0.4 is 5.48 Å². The summed E-state index contributed by atoms with van der Waals surface area (Å²) in [5, 5.41) is 0. The van der Waals surface area contributed by atoms with Crippen LogP contribution in [0.3, 0.4) is 0 Å². The minimum Gasteiger partial charge on any atom is -0.465 e. The molecule has 4 nitrogen and oxygen atoms in total. The Kier molecular flexibility index (Phi) is 6.42. The Hall–Kier alpha value is -0.610. The van der Waals surface area contributed by atoms with E-state index in [9.17, 15) is 4.79 Å². The van der Waals surface area contributed by atoms with Gasteiger partial charge < -0.3 is 4.74 Å². The van der Waals surface area contributed by atoms with Crippen LogP contribution in [0.1, 0.15) is 52.4 Å². The van der Waals surface area contributed by atoms with Crippen LogP contribution >= 0.6 is 0 Å². The fraction of sp³-hybridized carbons (Fsp3) is 0.917. The van der Waals surface area contributed by atoms with Crippen molar-refractivity contribution in [3.8, 4) is 0 Å². The number of carbonyl (C=O) groups is 1. The van der Waals surface area contributed by atoms with Gasteiger partial charge in [-0.2, -0.15) is 5.48 Å². The second-order valence-corrected chi connectivity index (χ2v) is 4.24. The summed E-state index contributed by atoms with van der Waals surface area (Å²) in [5.41, 5.74) is 2.87. The van der Waals surface area contributed by atoms with E-state index in [1.165, 1.54) is 12.8 Å². The molecule has 1 rings (SSSR count). The molecule has 0 aromatic carbocycles. The van der Waals surface area contributed by atoms with Gasteiger partial charge in [0.2, 0.25) is 0 Å². The smallest absolute Gasteiger partial charge is 0.325 e. The van der Waals surface area contributed by atoms with E-state index in [4.69, 9.17) is 9.57 Å². The van der Waals surface area contributed by atoms with E-state index in [0.717, 1.165) is 25.7 Å². The average molecular weight is 229 g/mol. The van der Waals surface area contributed by atoms with Crippen LogP contribution in [0.4, 0.5) is 0 Å². The Morgan fingerprint density at radius 2 is 2.06 bits per heavy atom. The monoisotopic (exact) mass is 229 g/mol. The maximum Gasteiger partial charge on any atom is 0.325 e. The lowest BCUT2D eigenvalue weighted by Crippen LogP contribution is -2.39. The van der Waals surface area contributed by atoms with Gasteiger partial charge in [-0.3, -0.25) is 9.63 Å². The van der Waals surface area contributed by atoms with E-state index in [0.29, 0.717) is 6.61 Å². The summed E-state index contributed by atoms with van der Waals surface area (Å²) >= 11 is 0. The summed E-state index contributed by atoms with van der Waals surface area (Å²) in [5.74, 6) is -0.206. The number of rotatable bonds is 7. The second-order valence-electron chi connectivity index (χ2n) is 4.24. The van der Waals surface area contributed by atoms with E-state index >= 15 is 0 Å². The molecule has 4 heteroatoms. The molecule has 0 amide bonds. The molecular weight excluding hydrogens is 206 g/mol. The molecule has 16 heavy (non-hydrogen) atoms. The van der Waals surface area contributed by atoms with E-state index in [-0.39, 0.29) is 18.1 Å². The van der Waals surface area contributed by atoms with Crippen LogP contribution in [0.15, 0.2) is 0 Å². The van der Waals surface area contributed by atoms with E-state index in [2.05, 4.69) is 5.48 Å². The first-order valence-corrected chi connectivity index (χ1v) is 6.35. The van der Waals surface area contributed by atoms with Crippen molar-refractivity contribution in [1.29, 1.82) is 0 Å². The zero-order chi connectivity index (χ0) is 11.8. The minimum absolute atomic E-state index is 0.206. The molecule has 0 aliphatic heterocycles. The lowest BCUT2D eigenvalue weighted by atomic mass is 10.2. The lowest BCUT2D eigenvalue weighted by molar-refractivity contribution is -0.152.